The lowest BCUT2D eigenvalue weighted by Crippen LogP contribution is -2.05. The third-order valence-corrected chi connectivity index (χ3v) is 3.99. The molecule has 0 aliphatic carbocycles. The van der Waals surface area contributed by atoms with Gasteiger partial charge in [0.2, 0.25) is 0 Å². The van der Waals surface area contributed by atoms with Crippen LogP contribution in [0.3, 0.4) is 0 Å². The van der Waals surface area contributed by atoms with Crippen molar-refractivity contribution in [1.82, 2.24) is 9.55 Å². The largest absolute Gasteiger partial charge is 0.327 e. The molecule has 2 aromatic carbocycles. The SMILES string of the molecule is Fc1cccc(CCn2c(CCl)nc3c(Cl)cccc32)c1. The number of benzene rings is 2. The zero-order chi connectivity index (χ0) is 14.8. The van der Waals surface area contributed by atoms with E-state index in [-0.39, 0.29) is 5.82 Å². The zero-order valence-electron chi connectivity index (χ0n) is 11.2. The van der Waals surface area contributed by atoms with Crippen LogP contribution in [0.2, 0.25) is 5.02 Å². The second-order valence-electron chi connectivity index (χ2n) is 4.80. The normalized spacial score (nSPS) is 11.2. The van der Waals surface area contributed by atoms with Gasteiger partial charge < -0.3 is 4.57 Å². The van der Waals surface area contributed by atoms with Crippen molar-refractivity contribution in [3.05, 3.63) is 64.7 Å². The standard InChI is InChI=1S/C16H13Cl2FN2/c17-10-15-20-16-13(18)5-2-6-14(16)21(15)8-7-11-3-1-4-12(19)9-11/h1-6,9H,7-8,10H2. The molecule has 1 aromatic heterocycles. The number of rotatable bonds is 4. The fourth-order valence-corrected chi connectivity index (χ4v) is 2.86. The van der Waals surface area contributed by atoms with Gasteiger partial charge in [-0.05, 0) is 36.2 Å². The molecule has 3 aromatic rings. The van der Waals surface area contributed by atoms with E-state index < -0.39 is 0 Å². The average Bonchev–Trinajstić information content (AvgIpc) is 2.84. The summed E-state index contributed by atoms with van der Waals surface area (Å²) in [6.45, 7) is 0.683. The molecular formula is C16H13Cl2FN2. The molecule has 0 atom stereocenters. The molecule has 0 saturated heterocycles. The Hall–Kier alpha value is -1.58. The summed E-state index contributed by atoms with van der Waals surface area (Å²) in [7, 11) is 0. The van der Waals surface area contributed by atoms with E-state index in [0.717, 1.165) is 22.4 Å². The van der Waals surface area contributed by atoms with E-state index in [4.69, 9.17) is 23.2 Å². The predicted octanol–water partition coefficient (Wildman–Crippen LogP) is 4.81. The first kappa shape index (κ1) is 14.4. The minimum absolute atomic E-state index is 0.219. The van der Waals surface area contributed by atoms with E-state index in [2.05, 4.69) is 4.98 Å². The average molecular weight is 323 g/mol. The smallest absolute Gasteiger partial charge is 0.124 e. The van der Waals surface area contributed by atoms with Gasteiger partial charge in [0.05, 0.1) is 16.4 Å². The summed E-state index contributed by atoms with van der Waals surface area (Å²) >= 11 is 12.1. The molecule has 0 unspecified atom stereocenters. The highest BCUT2D eigenvalue weighted by atomic mass is 35.5. The Labute approximate surface area is 132 Å². The van der Waals surface area contributed by atoms with Crippen LogP contribution in [0.15, 0.2) is 42.5 Å². The van der Waals surface area contributed by atoms with Crippen LogP contribution >= 0.6 is 23.2 Å². The minimum atomic E-state index is -0.219. The molecule has 0 bridgehead atoms. The fourth-order valence-electron chi connectivity index (χ4n) is 2.45. The molecule has 0 radical (unpaired) electrons. The highest BCUT2D eigenvalue weighted by Gasteiger charge is 2.12. The van der Waals surface area contributed by atoms with E-state index in [9.17, 15) is 4.39 Å². The summed E-state index contributed by atoms with van der Waals surface area (Å²) in [6, 6.07) is 12.3. The van der Waals surface area contributed by atoms with E-state index in [1.54, 1.807) is 12.1 Å². The highest BCUT2D eigenvalue weighted by Crippen LogP contribution is 2.25. The number of aromatic nitrogens is 2. The van der Waals surface area contributed by atoms with E-state index in [0.29, 0.717) is 23.9 Å². The van der Waals surface area contributed by atoms with E-state index >= 15 is 0 Å². The summed E-state index contributed by atoms with van der Waals surface area (Å²) in [5.41, 5.74) is 2.66. The quantitative estimate of drug-likeness (QED) is 0.630. The van der Waals surface area contributed by atoms with Crippen molar-refractivity contribution < 1.29 is 4.39 Å². The topological polar surface area (TPSA) is 17.8 Å². The number of hydrogen-bond acceptors (Lipinski definition) is 1. The number of imidazole rings is 1. The maximum atomic E-state index is 13.2. The van der Waals surface area contributed by atoms with Gasteiger partial charge in [0.15, 0.2) is 0 Å². The van der Waals surface area contributed by atoms with Crippen LogP contribution in [-0.2, 0) is 18.8 Å². The van der Waals surface area contributed by atoms with Crippen molar-refractivity contribution in [1.29, 1.82) is 0 Å². The molecular weight excluding hydrogens is 310 g/mol. The molecule has 3 rings (SSSR count). The van der Waals surface area contributed by atoms with Crippen molar-refractivity contribution in [3.8, 4) is 0 Å². The summed E-state index contributed by atoms with van der Waals surface area (Å²) in [6.07, 6.45) is 0.708. The second-order valence-corrected chi connectivity index (χ2v) is 5.48. The first-order valence-electron chi connectivity index (χ1n) is 6.63. The highest BCUT2D eigenvalue weighted by molar-refractivity contribution is 6.35. The predicted molar refractivity (Wildman–Crippen MR) is 84.4 cm³/mol. The van der Waals surface area contributed by atoms with Gasteiger partial charge in [0, 0.05) is 6.54 Å². The number of aryl methyl sites for hydroxylation is 2. The molecule has 0 N–H and O–H groups in total. The maximum absolute atomic E-state index is 13.2. The first-order valence-corrected chi connectivity index (χ1v) is 7.54. The zero-order valence-corrected chi connectivity index (χ0v) is 12.7. The minimum Gasteiger partial charge on any atom is -0.327 e. The number of nitrogens with zero attached hydrogens (tertiary/aromatic N) is 2. The van der Waals surface area contributed by atoms with Crippen molar-refractivity contribution in [3.63, 3.8) is 0 Å². The van der Waals surface area contributed by atoms with Gasteiger partial charge >= 0.3 is 0 Å². The van der Waals surface area contributed by atoms with Crippen LogP contribution in [0.1, 0.15) is 11.4 Å². The summed E-state index contributed by atoms with van der Waals surface area (Å²) in [5.74, 6) is 0.869. The van der Waals surface area contributed by atoms with Crippen LogP contribution < -0.4 is 0 Å². The molecule has 0 saturated carbocycles. The van der Waals surface area contributed by atoms with Gasteiger partial charge in [-0.25, -0.2) is 9.37 Å². The van der Waals surface area contributed by atoms with Crippen LogP contribution in [0.4, 0.5) is 4.39 Å². The second kappa shape index (κ2) is 6.04. The van der Waals surface area contributed by atoms with Crippen molar-refractivity contribution in [2.24, 2.45) is 0 Å². The van der Waals surface area contributed by atoms with Gasteiger partial charge in [-0.3, -0.25) is 0 Å². The molecule has 0 fully saturated rings. The number of fused-ring (bicyclic) bond motifs is 1. The van der Waals surface area contributed by atoms with Crippen molar-refractivity contribution in [2.75, 3.05) is 0 Å². The number of para-hydroxylation sites is 1. The van der Waals surface area contributed by atoms with E-state index in [1.807, 2.05) is 28.8 Å². The lowest BCUT2D eigenvalue weighted by molar-refractivity contribution is 0.621. The van der Waals surface area contributed by atoms with Gasteiger partial charge in [0.25, 0.3) is 0 Å². The Morgan fingerprint density at radius 1 is 1.14 bits per heavy atom. The van der Waals surface area contributed by atoms with Crippen LogP contribution in [-0.4, -0.2) is 9.55 Å². The first-order chi connectivity index (χ1) is 10.2. The molecule has 5 heteroatoms. The van der Waals surface area contributed by atoms with Crippen LogP contribution in [0, 0.1) is 5.82 Å². The number of alkyl halides is 1. The lowest BCUT2D eigenvalue weighted by Gasteiger charge is -2.08. The molecule has 0 aliphatic rings. The Balaban J connectivity index is 1.94. The molecule has 0 aliphatic heterocycles. The van der Waals surface area contributed by atoms with Gasteiger partial charge in [-0.2, -0.15) is 0 Å². The lowest BCUT2D eigenvalue weighted by atomic mass is 10.1. The van der Waals surface area contributed by atoms with Crippen LogP contribution in [0.5, 0.6) is 0 Å². The van der Waals surface area contributed by atoms with Gasteiger partial charge in [-0.1, -0.05) is 29.8 Å². The van der Waals surface area contributed by atoms with E-state index in [1.165, 1.54) is 6.07 Å². The molecule has 108 valence electrons. The monoisotopic (exact) mass is 322 g/mol. The number of halogens is 3. The maximum Gasteiger partial charge on any atom is 0.124 e. The van der Waals surface area contributed by atoms with Crippen molar-refractivity contribution in [2.45, 2.75) is 18.8 Å². The van der Waals surface area contributed by atoms with Crippen molar-refractivity contribution >= 4 is 34.2 Å². The Kier molecular flexibility index (Phi) is 4.13. The number of hydrogen-bond donors (Lipinski definition) is 0. The molecule has 2 nitrogen and oxygen atoms in total. The summed E-state index contributed by atoms with van der Waals surface area (Å²) in [5, 5.41) is 0.614. The fraction of sp³-hybridized carbons (Fsp3) is 0.188. The summed E-state index contributed by atoms with van der Waals surface area (Å²) < 4.78 is 15.3. The third-order valence-electron chi connectivity index (χ3n) is 3.44. The Morgan fingerprint density at radius 2 is 1.95 bits per heavy atom. The third kappa shape index (κ3) is 2.89. The summed E-state index contributed by atoms with van der Waals surface area (Å²) in [4.78, 5) is 4.49. The Morgan fingerprint density at radius 3 is 2.71 bits per heavy atom. The van der Waals surface area contributed by atoms with Gasteiger partial charge in [-0.15, -0.1) is 11.6 Å². The molecule has 21 heavy (non-hydrogen) atoms. The van der Waals surface area contributed by atoms with Gasteiger partial charge in [0.1, 0.15) is 17.2 Å². The molecule has 0 spiro atoms. The molecule has 0 amide bonds. The molecule has 1 heterocycles. The Bertz CT molecular complexity index is 783. The van der Waals surface area contributed by atoms with Crippen LogP contribution in [0.25, 0.3) is 11.0 Å².